The third kappa shape index (κ3) is 4.02. The molecule has 0 aliphatic heterocycles. The van der Waals surface area contributed by atoms with E-state index in [9.17, 15) is 0 Å². The Kier molecular flexibility index (Phi) is 5.09. The summed E-state index contributed by atoms with van der Waals surface area (Å²) in [5, 5.41) is 5.05. The lowest BCUT2D eigenvalue weighted by Crippen LogP contribution is -2.17. The van der Waals surface area contributed by atoms with E-state index in [4.69, 9.17) is 0 Å². The van der Waals surface area contributed by atoms with Crippen molar-refractivity contribution in [3.63, 3.8) is 0 Å². The Morgan fingerprint density at radius 2 is 1.90 bits per heavy atom. The van der Waals surface area contributed by atoms with Crippen molar-refractivity contribution in [1.82, 2.24) is 20.3 Å². The lowest BCUT2D eigenvalue weighted by Gasteiger charge is -2.12. The van der Waals surface area contributed by atoms with Crippen LogP contribution in [-0.4, -0.2) is 21.5 Å². The summed E-state index contributed by atoms with van der Waals surface area (Å²) >= 11 is 1.50. The predicted octanol–water partition coefficient (Wildman–Crippen LogP) is 3.31. The second-order valence-corrected chi connectivity index (χ2v) is 5.73. The molecule has 0 amide bonds. The number of nitrogens with one attached hydrogen (secondary N) is 1. The molecule has 4 nitrogen and oxygen atoms in total. The summed E-state index contributed by atoms with van der Waals surface area (Å²) in [6.45, 7) is 9.15. The van der Waals surface area contributed by atoms with E-state index < -0.39 is 0 Å². The van der Waals surface area contributed by atoms with Crippen molar-refractivity contribution in [3.8, 4) is 0 Å². The van der Waals surface area contributed by atoms with Gasteiger partial charge in [-0.1, -0.05) is 13.0 Å². The van der Waals surface area contributed by atoms with Crippen LogP contribution >= 0.6 is 11.8 Å². The Morgan fingerprint density at radius 3 is 2.45 bits per heavy atom. The van der Waals surface area contributed by atoms with E-state index in [1.165, 1.54) is 17.3 Å². The second kappa shape index (κ2) is 6.81. The van der Waals surface area contributed by atoms with E-state index in [0.29, 0.717) is 6.04 Å². The van der Waals surface area contributed by atoms with Crippen molar-refractivity contribution in [3.05, 3.63) is 41.3 Å². The summed E-state index contributed by atoms with van der Waals surface area (Å²) in [5.74, 6) is 0. The fourth-order valence-corrected chi connectivity index (χ4v) is 2.77. The molecule has 0 radical (unpaired) electrons. The molecule has 0 saturated carbocycles. The summed E-state index contributed by atoms with van der Waals surface area (Å²) in [5.41, 5.74) is 3.16. The molecular weight excluding hydrogens is 268 g/mol. The van der Waals surface area contributed by atoms with E-state index in [1.807, 2.05) is 32.2 Å². The van der Waals surface area contributed by atoms with E-state index in [0.717, 1.165) is 28.1 Å². The molecule has 1 N–H and O–H groups in total. The van der Waals surface area contributed by atoms with Gasteiger partial charge in [0.2, 0.25) is 0 Å². The van der Waals surface area contributed by atoms with Gasteiger partial charge in [-0.25, -0.2) is 15.0 Å². The summed E-state index contributed by atoms with van der Waals surface area (Å²) in [6, 6.07) is 6.42. The molecule has 0 saturated heterocycles. The molecular formula is C15H20N4S. The van der Waals surface area contributed by atoms with Gasteiger partial charge in [-0.3, -0.25) is 0 Å². The number of hydrogen-bond acceptors (Lipinski definition) is 5. The third-order valence-corrected chi connectivity index (χ3v) is 3.74. The average Bonchev–Trinajstić information content (AvgIpc) is 2.38. The lowest BCUT2D eigenvalue weighted by molar-refractivity contribution is 0.595. The highest BCUT2D eigenvalue weighted by atomic mass is 32.2. The van der Waals surface area contributed by atoms with Crippen molar-refractivity contribution in [2.24, 2.45) is 0 Å². The quantitative estimate of drug-likeness (QED) is 0.855. The second-order valence-electron chi connectivity index (χ2n) is 4.74. The monoisotopic (exact) mass is 288 g/mol. The summed E-state index contributed by atoms with van der Waals surface area (Å²) in [4.78, 5) is 13.3. The smallest absolute Gasteiger partial charge is 0.194 e. The van der Waals surface area contributed by atoms with Crippen LogP contribution in [0, 0.1) is 13.8 Å². The highest BCUT2D eigenvalue weighted by Crippen LogP contribution is 2.24. The van der Waals surface area contributed by atoms with Crippen LogP contribution in [-0.2, 0) is 0 Å². The van der Waals surface area contributed by atoms with Gasteiger partial charge in [0, 0.05) is 23.6 Å². The molecule has 2 rings (SSSR count). The largest absolute Gasteiger partial charge is 0.310 e. The molecule has 2 aromatic rings. The zero-order valence-electron chi connectivity index (χ0n) is 12.3. The number of nitrogens with zero attached hydrogens (tertiary/aromatic N) is 3. The lowest BCUT2D eigenvalue weighted by atomic mass is 10.1. The number of pyridine rings is 1. The predicted molar refractivity (Wildman–Crippen MR) is 82.0 cm³/mol. The number of rotatable bonds is 5. The number of aryl methyl sites for hydroxylation is 2. The van der Waals surface area contributed by atoms with E-state index in [-0.39, 0.29) is 0 Å². The van der Waals surface area contributed by atoms with Crippen LogP contribution in [0.1, 0.15) is 36.8 Å². The van der Waals surface area contributed by atoms with Crippen molar-refractivity contribution in [2.45, 2.75) is 43.9 Å². The summed E-state index contributed by atoms with van der Waals surface area (Å²) in [6.07, 6.45) is 1.91. The molecule has 2 heterocycles. The minimum absolute atomic E-state index is 0.323. The molecule has 2 aromatic heterocycles. The molecule has 106 valence electrons. The summed E-state index contributed by atoms with van der Waals surface area (Å²) < 4.78 is 0. The molecule has 0 bridgehead atoms. The van der Waals surface area contributed by atoms with Crippen molar-refractivity contribution >= 4 is 11.8 Å². The van der Waals surface area contributed by atoms with Gasteiger partial charge in [0.05, 0.1) is 0 Å². The van der Waals surface area contributed by atoms with Crippen LogP contribution in [0.15, 0.2) is 34.6 Å². The van der Waals surface area contributed by atoms with Crippen LogP contribution in [0.25, 0.3) is 0 Å². The van der Waals surface area contributed by atoms with Crippen LogP contribution in [0.5, 0.6) is 0 Å². The maximum atomic E-state index is 4.48. The van der Waals surface area contributed by atoms with Crippen LogP contribution in [0.4, 0.5) is 0 Å². The van der Waals surface area contributed by atoms with Crippen LogP contribution in [0.3, 0.4) is 0 Å². The maximum Gasteiger partial charge on any atom is 0.194 e. The standard InChI is InChI=1S/C15H20N4S/c1-5-16-12(4)13-6-7-14(17-9-13)20-15-18-10(2)8-11(3)19-15/h6-9,12,16H,5H2,1-4H3. The minimum atomic E-state index is 0.323. The normalized spacial score (nSPS) is 12.4. The number of aromatic nitrogens is 3. The Hall–Kier alpha value is -1.46. The van der Waals surface area contributed by atoms with Crippen LogP contribution < -0.4 is 5.32 Å². The Balaban J connectivity index is 2.10. The molecule has 1 unspecified atom stereocenters. The highest BCUT2D eigenvalue weighted by Gasteiger charge is 2.07. The van der Waals surface area contributed by atoms with Gasteiger partial charge in [0.15, 0.2) is 5.16 Å². The number of hydrogen-bond donors (Lipinski definition) is 1. The van der Waals surface area contributed by atoms with Crippen LogP contribution in [0.2, 0.25) is 0 Å². The van der Waals surface area contributed by atoms with E-state index >= 15 is 0 Å². The van der Waals surface area contributed by atoms with Gasteiger partial charge in [-0.05, 0) is 56.8 Å². The molecule has 5 heteroatoms. The topological polar surface area (TPSA) is 50.7 Å². The maximum absolute atomic E-state index is 4.48. The molecule has 0 aromatic carbocycles. The van der Waals surface area contributed by atoms with E-state index in [1.54, 1.807) is 0 Å². The van der Waals surface area contributed by atoms with Gasteiger partial charge in [-0.15, -0.1) is 0 Å². The Bertz CT molecular complexity index is 548. The average molecular weight is 288 g/mol. The highest BCUT2D eigenvalue weighted by molar-refractivity contribution is 7.99. The van der Waals surface area contributed by atoms with Gasteiger partial charge in [0.25, 0.3) is 0 Å². The third-order valence-electron chi connectivity index (χ3n) is 2.93. The van der Waals surface area contributed by atoms with Crippen molar-refractivity contribution in [2.75, 3.05) is 6.54 Å². The molecule has 0 aliphatic rings. The fourth-order valence-electron chi connectivity index (χ4n) is 1.97. The molecule has 0 fully saturated rings. The molecule has 0 aliphatic carbocycles. The molecule has 0 spiro atoms. The first-order valence-corrected chi connectivity index (χ1v) is 7.59. The SMILES string of the molecule is CCNC(C)c1ccc(Sc2nc(C)cc(C)n2)nc1. The van der Waals surface area contributed by atoms with Crippen molar-refractivity contribution in [1.29, 1.82) is 0 Å². The Morgan fingerprint density at radius 1 is 1.20 bits per heavy atom. The van der Waals surface area contributed by atoms with Gasteiger partial charge in [0.1, 0.15) is 5.03 Å². The molecule has 20 heavy (non-hydrogen) atoms. The zero-order chi connectivity index (χ0) is 14.5. The van der Waals surface area contributed by atoms with Gasteiger partial charge >= 0.3 is 0 Å². The van der Waals surface area contributed by atoms with Gasteiger partial charge in [-0.2, -0.15) is 0 Å². The summed E-state index contributed by atoms with van der Waals surface area (Å²) in [7, 11) is 0. The first kappa shape index (κ1) is 14.9. The first-order valence-electron chi connectivity index (χ1n) is 6.78. The molecule has 1 atom stereocenters. The Labute approximate surface area is 124 Å². The van der Waals surface area contributed by atoms with E-state index in [2.05, 4.69) is 40.2 Å². The first-order chi connectivity index (χ1) is 9.58. The minimum Gasteiger partial charge on any atom is -0.310 e. The van der Waals surface area contributed by atoms with Crippen molar-refractivity contribution < 1.29 is 0 Å². The zero-order valence-corrected chi connectivity index (χ0v) is 13.2. The van der Waals surface area contributed by atoms with Gasteiger partial charge < -0.3 is 5.32 Å². The fraction of sp³-hybridized carbons (Fsp3) is 0.400.